The fourth-order valence-corrected chi connectivity index (χ4v) is 2.63. The molecule has 4 nitrogen and oxygen atoms in total. The summed E-state index contributed by atoms with van der Waals surface area (Å²) in [5.74, 6) is 0. The second-order valence-corrected chi connectivity index (χ2v) is 5.20. The quantitative estimate of drug-likeness (QED) is 0.634. The van der Waals surface area contributed by atoms with Crippen molar-refractivity contribution >= 4 is 10.0 Å². The van der Waals surface area contributed by atoms with Crippen molar-refractivity contribution in [3.05, 3.63) is 0 Å². The van der Waals surface area contributed by atoms with Gasteiger partial charge in [0.25, 0.3) is 0 Å². The van der Waals surface area contributed by atoms with Gasteiger partial charge in [0, 0.05) is 12.6 Å². The summed E-state index contributed by atoms with van der Waals surface area (Å²) >= 11 is 0. The Balaban J connectivity index is 2.54. The van der Waals surface area contributed by atoms with Gasteiger partial charge in [-0.25, -0.2) is 13.1 Å². The Morgan fingerprint density at radius 2 is 2.17 bits per heavy atom. The lowest BCUT2D eigenvalue weighted by atomic mass is 10.3. The van der Waals surface area contributed by atoms with Crippen LogP contribution in [-0.2, 0) is 10.0 Å². The average Bonchev–Trinajstić information content (AvgIpc) is 2.72. The number of rotatable bonds is 5. The first-order valence-corrected chi connectivity index (χ1v) is 5.86. The van der Waals surface area contributed by atoms with Crippen molar-refractivity contribution < 1.29 is 8.42 Å². The summed E-state index contributed by atoms with van der Waals surface area (Å²) < 4.78 is 25.5. The molecule has 0 aromatic rings. The van der Waals surface area contributed by atoms with Crippen molar-refractivity contribution in [2.24, 2.45) is 5.73 Å². The lowest BCUT2D eigenvalue weighted by Crippen LogP contribution is -2.39. The topological polar surface area (TPSA) is 72.2 Å². The van der Waals surface area contributed by atoms with Crippen LogP contribution >= 0.6 is 0 Å². The molecule has 1 aliphatic rings. The number of sulfonamides is 1. The van der Waals surface area contributed by atoms with Crippen LogP contribution in [0.15, 0.2) is 0 Å². The van der Waals surface area contributed by atoms with Crippen molar-refractivity contribution in [1.82, 2.24) is 4.72 Å². The highest BCUT2D eigenvalue weighted by atomic mass is 32.2. The van der Waals surface area contributed by atoms with Gasteiger partial charge in [-0.15, -0.1) is 0 Å². The predicted molar refractivity (Wildman–Crippen MR) is 48.2 cm³/mol. The molecule has 0 bridgehead atoms. The van der Waals surface area contributed by atoms with E-state index in [4.69, 9.17) is 5.73 Å². The molecule has 0 saturated heterocycles. The Morgan fingerprint density at radius 1 is 1.58 bits per heavy atom. The van der Waals surface area contributed by atoms with E-state index in [1.165, 1.54) is 0 Å². The summed E-state index contributed by atoms with van der Waals surface area (Å²) in [6.07, 6.45) is 2.53. The summed E-state index contributed by atoms with van der Waals surface area (Å²) in [5.41, 5.74) is 5.35. The highest BCUT2D eigenvalue weighted by Crippen LogP contribution is 2.21. The minimum atomic E-state index is -3.13. The maximum atomic E-state index is 11.5. The van der Waals surface area contributed by atoms with Crippen LogP contribution < -0.4 is 10.5 Å². The number of hydrogen-bond acceptors (Lipinski definition) is 3. The van der Waals surface area contributed by atoms with Gasteiger partial charge < -0.3 is 5.73 Å². The molecule has 1 rings (SSSR count). The number of nitrogens with two attached hydrogens (primary N) is 1. The van der Waals surface area contributed by atoms with Crippen molar-refractivity contribution in [1.29, 1.82) is 0 Å². The van der Waals surface area contributed by atoms with Crippen molar-refractivity contribution in [3.8, 4) is 0 Å². The molecule has 5 heteroatoms. The third-order valence-corrected chi connectivity index (χ3v) is 4.13. The molecule has 0 spiro atoms. The first-order chi connectivity index (χ1) is 5.60. The van der Waals surface area contributed by atoms with Gasteiger partial charge in [-0.05, 0) is 19.3 Å². The Kier molecular flexibility index (Phi) is 3.09. The van der Waals surface area contributed by atoms with E-state index in [1.807, 2.05) is 6.92 Å². The summed E-state index contributed by atoms with van der Waals surface area (Å²) in [6, 6.07) is 0.190. The van der Waals surface area contributed by atoms with E-state index in [0.717, 1.165) is 12.8 Å². The van der Waals surface area contributed by atoms with Crippen LogP contribution in [0.2, 0.25) is 0 Å². The molecule has 0 aromatic heterocycles. The predicted octanol–water partition coefficient (Wildman–Crippen LogP) is -0.194. The molecule has 72 valence electrons. The number of nitrogens with one attached hydrogen (secondary N) is 1. The second kappa shape index (κ2) is 3.72. The molecule has 0 amide bonds. The van der Waals surface area contributed by atoms with Gasteiger partial charge in [0.15, 0.2) is 0 Å². The first kappa shape index (κ1) is 9.95. The summed E-state index contributed by atoms with van der Waals surface area (Å²) in [6.45, 7) is 2.04. The van der Waals surface area contributed by atoms with E-state index in [-0.39, 0.29) is 12.6 Å². The van der Waals surface area contributed by atoms with E-state index >= 15 is 0 Å². The molecule has 12 heavy (non-hydrogen) atoms. The average molecular weight is 192 g/mol. The van der Waals surface area contributed by atoms with Crippen LogP contribution in [0.4, 0.5) is 0 Å². The fourth-order valence-electron chi connectivity index (χ4n) is 1.04. The number of hydrogen-bond donors (Lipinski definition) is 2. The van der Waals surface area contributed by atoms with Gasteiger partial charge in [-0.1, -0.05) is 6.92 Å². The zero-order valence-electron chi connectivity index (χ0n) is 7.29. The second-order valence-electron chi connectivity index (χ2n) is 3.20. The molecular formula is C7H16N2O2S. The molecular weight excluding hydrogens is 176 g/mol. The summed E-state index contributed by atoms with van der Waals surface area (Å²) in [4.78, 5) is 0. The monoisotopic (exact) mass is 192 g/mol. The largest absolute Gasteiger partial charge is 0.329 e. The van der Waals surface area contributed by atoms with Gasteiger partial charge in [-0.2, -0.15) is 0 Å². The van der Waals surface area contributed by atoms with Crippen LogP contribution in [0.3, 0.4) is 0 Å². The lowest BCUT2D eigenvalue weighted by Gasteiger charge is -2.13. The SMILES string of the molecule is CCC(CN)S(=O)(=O)NC1CC1. The molecule has 0 aromatic carbocycles. The van der Waals surface area contributed by atoms with Crippen molar-refractivity contribution in [2.75, 3.05) is 6.54 Å². The highest BCUT2D eigenvalue weighted by Gasteiger charge is 2.30. The van der Waals surface area contributed by atoms with Crippen LogP contribution in [-0.4, -0.2) is 26.3 Å². The Morgan fingerprint density at radius 3 is 2.50 bits per heavy atom. The van der Waals surface area contributed by atoms with Crippen LogP contribution in [0.1, 0.15) is 26.2 Å². The lowest BCUT2D eigenvalue weighted by molar-refractivity contribution is 0.560. The minimum Gasteiger partial charge on any atom is -0.329 e. The van der Waals surface area contributed by atoms with Crippen molar-refractivity contribution in [3.63, 3.8) is 0 Å². The van der Waals surface area contributed by atoms with Crippen molar-refractivity contribution in [2.45, 2.75) is 37.5 Å². The standard InChI is InChI=1S/C7H16N2O2S/c1-2-7(5-8)12(10,11)9-6-3-4-6/h6-7,9H,2-5,8H2,1H3. The summed E-state index contributed by atoms with van der Waals surface area (Å²) in [7, 11) is -3.13. The Labute approximate surface area is 73.6 Å². The molecule has 0 radical (unpaired) electrons. The zero-order chi connectivity index (χ0) is 9.19. The van der Waals surface area contributed by atoms with E-state index in [2.05, 4.69) is 4.72 Å². The van der Waals surface area contributed by atoms with Crippen LogP contribution in [0.25, 0.3) is 0 Å². The Hall–Kier alpha value is -0.130. The molecule has 0 heterocycles. The van der Waals surface area contributed by atoms with E-state index < -0.39 is 15.3 Å². The normalized spacial score (nSPS) is 20.8. The van der Waals surface area contributed by atoms with E-state index in [0.29, 0.717) is 6.42 Å². The third kappa shape index (κ3) is 2.43. The van der Waals surface area contributed by atoms with Gasteiger partial charge in [0.05, 0.1) is 5.25 Å². The van der Waals surface area contributed by atoms with Gasteiger partial charge in [-0.3, -0.25) is 0 Å². The molecule has 3 N–H and O–H groups in total. The zero-order valence-corrected chi connectivity index (χ0v) is 8.10. The smallest absolute Gasteiger partial charge is 0.215 e. The van der Waals surface area contributed by atoms with Crippen LogP contribution in [0, 0.1) is 0 Å². The van der Waals surface area contributed by atoms with Crippen LogP contribution in [0.5, 0.6) is 0 Å². The molecule has 1 unspecified atom stereocenters. The van der Waals surface area contributed by atoms with E-state index in [1.54, 1.807) is 0 Å². The first-order valence-electron chi connectivity index (χ1n) is 4.31. The maximum Gasteiger partial charge on any atom is 0.215 e. The summed E-state index contributed by atoms with van der Waals surface area (Å²) in [5, 5.41) is -0.418. The highest BCUT2D eigenvalue weighted by molar-refractivity contribution is 7.90. The third-order valence-electron chi connectivity index (χ3n) is 2.07. The fraction of sp³-hybridized carbons (Fsp3) is 1.00. The molecule has 1 atom stereocenters. The Bertz CT molecular complexity index is 230. The molecule has 1 saturated carbocycles. The molecule has 0 aliphatic heterocycles. The van der Waals surface area contributed by atoms with Gasteiger partial charge >= 0.3 is 0 Å². The maximum absolute atomic E-state index is 11.5. The van der Waals surface area contributed by atoms with E-state index in [9.17, 15) is 8.42 Å². The van der Waals surface area contributed by atoms with Gasteiger partial charge in [0.2, 0.25) is 10.0 Å². The molecule has 1 fully saturated rings. The minimum absolute atomic E-state index is 0.190. The molecule has 1 aliphatic carbocycles. The van der Waals surface area contributed by atoms with Gasteiger partial charge in [0.1, 0.15) is 0 Å².